The molecule has 112 valence electrons. The molecule has 0 aromatic carbocycles. The standard InChI is InChI=1S/C14H18N4O3/c1-2-21-14(20)12-5-3-4-6-18(12)13(19)10-17-9-11(7-15)8-16-17/h8-9,12H,2-6,10H2,1H3. The van der Waals surface area contributed by atoms with Gasteiger partial charge in [0.15, 0.2) is 0 Å². The third kappa shape index (κ3) is 3.60. The van der Waals surface area contributed by atoms with Crippen LogP contribution in [0.15, 0.2) is 12.4 Å². The van der Waals surface area contributed by atoms with Crippen LogP contribution in [0.1, 0.15) is 31.7 Å². The van der Waals surface area contributed by atoms with E-state index in [1.165, 1.54) is 17.1 Å². The molecule has 7 heteroatoms. The molecule has 1 aromatic heterocycles. The molecule has 7 nitrogen and oxygen atoms in total. The van der Waals surface area contributed by atoms with Crippen LogP contribution in [0.3, 0.4) is 0 Å². The molecule has 1 aliphatic heterocycles. The lowest BCUT2D eigenvalue weighted by Crippen LogP contribution is -2.49. The van der Waals surface area contributed by atoms with Crippen molar-refractivity contribution in [1.82, 2.24) is 14.7 Å². The maximum Gasteiger partial charge on any atom is 0.328 e. The summed E-state index contributed by atoms with van der Waals surface area (Å²) in [5, 5.41) is 12.7. The Morgan fingerprint density at radius 3 is 3.00 bits per heavy atom. The van der Waals surface area contributed by atoms with Gasteiger partial charge in [-0.1, -0.05) is 0 Å². The molecule has 0 aliphatic carbocycles. The second-order valence-electron chi connectivity index (χ2n) is 4.89. The number of hydrogen-bond acceptors (Lipinski definition) is 5. The SMILES string of the molecule is CCOC(=O)C1CCCCN1C(=O)Cn1cc(C#N)cn1. The minimum Gasteiger partial charge on any atom is -0.464 e. The van der Waals surface area contributed by atoms with Crippen molar-refractivity contribution in [2.24, 2.45) is 0 Å². The van der Waals surface area contributed by atoms with E-state index in [0.29, 0.717) is 25.1 Å². The van der Waals surface area contributed by atoms with Gasteiger partial charge >= 0.3 is 5.97 Å². The topological polar surface area (TPSA) is 88.2 Å². The number of amides is 1. The average Bonchev–Trinajstić information content (AvgIpc) is 2.95. The minimum atomic E-state index is -0.503. The van der Waals surface area contributed by atoms with Crippen LogP contribution in [0.5, 0.6) is 0 Å². The van der Waals surface area contributed by atoms with Crippen LogP contribution in [0.2, 0.25) is 0 Å². The summed E-state index contributed by atoms with van der Waals surface area (Å²) in [6.07, 6.45) is 5.35. The number of piperidine rings is 1. The molecule has 1 aromatic rings. The number of carbonyl (C=O) groups excluding carboxylic acids is 2. The van der Waals surface area contributed by atoms with Crippen LogP contribution < -0.4 is 0 Å². The predicted molar refractivity (Wildman–Crippen MR) is 72.9 cm³/mol. The Morgan fingerprint density at radius 2 is 2.33 bits per heavy atom. The highest BCUT2D eigenvalue weighted by Gasteiger charge is 2.33. The fourth-order valence-corrected chi connectivity index (χ4v) is 2.45. The monoisotopic (exact) mass is 290 g/mol. The maximum atomic E-state index is 12.4. The summed E-state index contributed by atoms with van der Waals surface area (Å²) in [7, 11) is 0. The zero-order valence-electron chi connectivity index (χ0n) is 12.0. The number of nitrogens with zero attached hydrogens (tertiary/aromatic N) is 4. The quantitative estimate of drug-likeness (QED) is 0.762. The number of likely N-dealkylation sites (tertiary alicyclic amines) is 1. The highest BCUT2D eigenvalue weighted by molar-refractivity contribution is 5.84. The molecule has 1 unspecified atom stereocenters. The Labute approximate surface area is 123 Å². The lowest BCUT2D eigenvalue weighted by molar-refractivity contribution is -0.156. The van der Waals surface area contributed by atoms with E-state index in [1.807, 2.05) is 6.07 Å². The van der Waals surface area contributed by atoms with Crippen molar-refractivity contribution >= 4 is 11.9 Å². The Morgan fingerprint density at radius 1 is 1.52 bits per heavy atom. The average molecular weight is 290 g/mol. The van der Waals surface area contributed by atoms with Crippen molar-refractivity contribution in [1.29, 1.82) is 5.26 Å². The van der Waals surface area contributed by atoms with E-state index in [1.54, 1.807) is 11.8 Å². The second-order valence-corrected chi connectivity index (χ2v) is 4.89. The van der Waals surface area contributed by atoms with Crippen LogP contribution in [0.25, 0.3) is 0 Å². The number of rotatable bonds is 4. The molecule has 0 saturated carbocycles. The van der Waals surface area contributed by atoms with Crippen LogP contribution in [-0.4, -0.2) is 45.8 Å². The van der Waals surface area contributed by atoms with Gasteiger partial charge in [-0.3, -0.25) is 9.48 Å². The summed E-state index contributed by atoms with van der Waals surface area (Å²) < 4.78 is 6.45. The highest BCUT2D eigenvalue weighted by Crippen LogP contribution is 2.19. The van der Waals surface area contributed by atoms with Gasteiger partial charge in [-0.15, -0.1) is 0 Å². The molecular formula is C14H18N4O3. The molecule has 1 amide bonds. The fraction of sp³-hybridized carbons (Fsp3) is 0.571. The van der Waals surface area contributed by atoms with Gasteiger partial charge < -0.3 is 9.64 Å². The summed E-state index contributed by atoms with van der Waals surface area (Å²) in [5.74, 6) is -0.524. The Balaban J connectivity index is 2.04. The number of carbonyl (C=O) groups is 2. The number of hydrogen-bond donors (Lipinski definition) is 0. The molecule has 1 saturated heterocycles. The number of aromatic nitrogens is 2. The molecule has 1 aliphatic rings. The van der Waals surface area contributed by atoms with Crippen molar-refractivity contribution in [2.75, 3.05) is 13.2 Å². The van der Waals surface area contributed by atoms with Crippen molar-refractivity contribution in [3.8, 4) is 6.07 Å². The Bertz CT molecular complexity index is 561. The highest BCUT2D eigenvalue weighted by atomic mass is 16.5. The molecular weight excluding hydrogens is 272 g/mol. The van der Waals surface area contributed by atoms with E-state index in [-0.39, 0.29) is 18.4 Å². The van der Waals surface area contributed by atoms with E-state index in [9.17, 15) is 9.59 Å². The molecule has 0 radical (unpaired) electrons. The number of ether oxygens (including phenoxy) is 1. The molecule has 1 fully saturated rings. The molecule has 0 N–H and O–H groups in total. The largest absolute Gasteiger partial charge is 0.464 e. The van der Waals surface area contributed by atoms with Gasteiger partial charge in [0.2, 0.25) is 5.91 Å². The first-order chi connectivity index (χ1) is 10.2. The van der Waals surface area contributed by atoms with Gasteiger partial charge in [-0.25, -0.2) is 4.79 Å². The van der Waals surface area contributed by atoms with Gasteiger partial charge in [-0.05, 0) is 26.2 Å². The van der Waals surface area contributed by atoms with E-state index in [0.717, 1.165) is 12.8 Å². The molecule has 0 spiro atoms. The summed E-state index contributed by atoms with van der Waals surface area (Å²) >= 11 is 0. The summed E-state index contributed by atoms with van der Waals surface area (Å²) in [4.78, 5) is 25.9. The number of nitriles is 1. The molecule has 1 atom stereocenters. The van der Waals surface area contributed by atoms with Crippen molar-refractivity contribution in [2.45, 2.75) is 38.8 Å². The first-order valence-corrected chi connectivity index (χ1v) is 7.04. The van der Waals surface area contributed by atoms with E-state index >= 15 is 0 Å². The third-order valence-electron chi connectivity index (χ3n) is 3.44. The molecule has 2 rings (SSSR count). The lowest BCUT2D eigenvalue weighted by Gasteiger charge is -2.34. The first-order valence-electron chi connectivity index (χ1n) is 7.04. The van der Waals surface area contributed by atoms with Gasteiger partial charge in [-0.2, -0.15) is 10.4 Å². The Hall–Kier alpha value is -2.36. The normalized spacial score (nSPS) is 18.1. The minimum absolute atomic E-state index is 0.0254. The summed E-state index contributed by atoms with van der Waals surface area (Å²) in [5.41, 5.74) is 0.406. The number of esters is 1. The lowest BCUT2D eigenvalue weighted by atomic mass is 10.0. The van der Waals surface area contributed by atoms with Gasteiger partial charge in [0.05, 0.1) is 18.4 Å². The molecule has 21 heavy (non-hydrogen) atoms. The van der Waals surface area contributed by atoms with Gasteiger partial charge in [0.1, 0.15) is 18.7 Å². The summed E-state index contributed by atoms with van der Waals surface area (Å²) in [6.45, 7) is 2.63. The van der Waals surface area contributed by atoms with Crippen LogP contribution >= 0.6 is 0 Å². The Kier molecular flexibility index (Phi) is 4.93. The van der Waals surface area contributed by atoms with Crippen LogP contribution in [-0.2, 0) is 20.9 Å². The first kappa shape index (κ1) is 15.0. The van der Waals surface area contributed by atoms with Crippen molar-refractivity contribution in [3.05, 3.63) is 18.0 Å². The van der Waals surface area contributed by atoms with Crippen LogP contribution in [0.4, 0.5) is 0 Å². The van der Waals surface area contributed by atoms with Gasteiger partial charge in [0, 0.05) is 12.7 Å². The zero-order chi connectivity index (χ0) is 15.2. The molecule has 0 bridgehead atoms. The van der Waals surface area contributed by atoms with E-state index in [2.05, 4.69) is 5.10 Å². The zero-order valence-corrected chi connectivity index (χ0v) is 12.0. The predicted octanol–water partition coefficient (Wildman–Crippen LogP) is 0.699. The van der Waals surface area contributed by atoms with E-state index in [4.69, 9.17) is 10.00 Å². The van der Waals surface area contributed by atoms with Crippen molar-refractivity contribution in [3.63, 3.8) is 0 Å². The maximum absolute atomic E-state index is 12.4. The summed E-state index contributed by atoms with van der Waals surface area (Å²) in [6, 6.07) is 1.46. The second kappa shape index (κ2) is 6.88. The van der Waals surface area contributed by atoms with E-state index < -0.39 is 6.04 Å². The fourth-order valence-electron chi connectivity index (χ4n) is 2.45. The third-order valence-corrected chi connectivity index (χ3v) is 3.44. The molecule has 2 heterocycles. The van der Waals surface area contributed by atoms with Crippen molar-refractivity contribution < 1.29 is 14.3 Å². The smallest absolute Gasteiger partial charge is 0.328 e. The van der Waals surface area contributed by atoms with Crippen LogP contribution in [0, 0.1) is 11.3 Å². The van der Waals surface area contributed by atoms with Gasteiger partial charge in [0.25, 0.3) is 0 Å².